The Balaban J connectivity index is 1.59. The van der Waals surface area contributed by atoms with E-state index in [4.69, 9.17) is 23.9 Å². The SMILES string of the molecule is COc1ccc([C@@]23Oc4cc(OC)cc(OC)c4[C@]2(O)c2nc(Cc4ccccc4)[nH]c(=O)c2[C@H]3c2ccccc2)cc1. The van der Waals surface area contributed by atoms with Crippen LogP contribution < -0.4 is 24.5 Å². The summed E-state index contributed by atoms with van der Waals surface area (Å²) in [4.78, 5) is 22.2. The Bertz CT molecular complexity index is 1870. The van der Waals surface area contributed by atoms with Crippen molar-refractivity contribution in [3.05, 3.63) is 147 Å². The lowest BCUT2D eigenvalue weighted by Gasteiger charge is -2.40. The summed E-state index contributed by atoms with van der Waals surface area (Å²) in [6.45, 7) is 0. The number of ether oxygens (including phenoxy) is 4. The van der Waals surface area contributed by atoms with E-state index in [0.29, 0.717) is 51.9 Å². The second kappa shape index (κ2) is 10.0. The molecule has 2 N–H and O–H groups in total. The van der Waals surface area contributed by atoms with Gasteiger partial charge < -0.3 is 29.0 Å². The van der Waals surface area contributed by atoms with Gasteiger partial charge >= 0.3 is 0 Å². The molecule has 2 aliphatic rings. The molecule has 8 heteroatoms. The molecule has 0 amide bonds. The number of aliphatic hydroxyl groups is 1. The van der Waals surface area contributed by atoms with Crippen molar-refractivity contribution in [3.63, 3.8) is 0 Å². The van der Waals surface area contributed by atoms with Crippen molar-refractivity contribution < 1.29 is 24.1 Å². The number of nitrogens with one attached hydrogen (secondary N) is 1. The molecule has 7 rings (SSSR count). The van der Waals surface area contributed by atoms with Gasteiger partial charge in [0, 0.05) is 24.1 Å². The van der Waals surface area contributed by atoms with Gasteiger partial charge in [-0.2, -0.15) is 0 Å². The van der Waals surface area contributed by atoms with Crippen molar-refractivity contribution in [3.8, 4) is 23.0 Å². The molecule has 0 fully saturated rings. The number of benzene rings is 4. The summed E-state index contributed by atoms with van der Waals surface area (Å²) in [7, 11) is 4.69. The van der Waals surface area contributed by atoms with Crippen molar-refractivity contribution >= 4 is 0 Å². The van der Waals surface area contributed by atoms with Crippen LogP contribution in [0.25, 0.3) is 0 Å². The number of rotatable bonds is 7. The van der Waals surface area contributed by atoms with Gasteiger partial charge in [-0.25, -0.2) is 4.98 Å². The fraction of sp³-hybridized carbons (Fsp3) is 0.200. The highest BCUT2D eigenvalue weighted by molar-refractivity contribution is 5.68. The summed E-state index contributed by atoms with van der Waals surface area (Å²) in [6, 6.07) is 30.2. The van der Waals surface area contributed by atoms with Gasteiger partial charge in [-0.05, 0) is 23.3 Å². The van der Waals surface area contributed by atoms with E-state index in [1.807, 2.05) is 84.9 Å². The number of aromatic amines is 1. The van der Waals surface area contributed by atoms with Crippen LogP contribution in [0.5, 0.6) is 23.0 Å². The van der Waals surface area contributed by atoms with E-state index in [9.17, 15) is 9.90 Å². The molecule has 0 spiro atoms. The first-order valence-electron chi connectivity index (χ1n) is 14.0. The van der Waals surface area contributed by atoms with E-state index < -0.39 is 17.1 Å². The smallest absolute Gasteiger partial charge is 0.255 e. The normalized spacial score (nSPS) is 21.3. The third-order valence-corrected chi connectivity index (χ3v) is 8.57. The fourth-order valence-electron chi connectivity index (χ4n) is 6.75. The van der Waals surface area contributed by atoms with Crippen molar-refractivity contribution in [2.75, 3.05) is 21.3 Å². The van der Waals surface area contributed by atoms with Gasteiger partial charge in [0.1, 0.15) is 28.8 Å². The predicted octanol–water partition coefficient (Wildman–Crippen LogP) is 5.06. The van der Waals surface area contributed by atoms with E-state index >= 15 is 0 Å². The number of hydrogen-bond acceptors (Lipinski definition) is 7. The number of aromatic nitrogens is 2. The molecule has 0 unspecified atom stereocenters. The molecule has 2 heterocycles. The quantitative estimate of drug-likeness (QED) is 0.280. The second-order valence-corrected chi connectivity index (χ2v) is 10.8. The lowest BCUT2D eigenvalue weighted by Crippen LogP contribution is -2.49. The van der Waals surface area contributed by atoms with Crippen LogP contribution in [-0.2, 0) is 17.6 Å². The summed E-state index contributed by atoms with van der Waals surface area (Å²) >= 11 is 0. The van der Waals surface area contributed by atoms with Crippen molar-refractivity contribution in [2.24, 2.45) is 0 Å². The Morgan fingerprint density at radius 1 is 0.860 bits per heavy atom. The molecule has 1 aliphatic carbocycles. The summed E-state index contributed by atoms with van der Waals surface area (Å²) in [6.07, 6.45) is 0.373. The second-order valence-electron chi connectivity index (χ2n) is 10.8. The highest BCUT2D eigenvalue weighted by atomic mass is 16.5. The highest BCUT2D eigenvalue weighted by Crippen LogP contribution is 2.69. The maximum Gasteiger partial charge on any atom is 0.255 e. The summed E-state index contributed by atoms with van der Waals surface area (Å²) in [5.74, 6) is 1.58. The Morgan fingerprint density at radius 2 is 1.53 bits per heavy atom. The van der Waals surface area contributed by atoms with Crippen LogP contribution in [-0.4, -0.2) is 36.4 Å². The third-order valence-electron chi connectivity index (χ3n) is 8.57. The van der Waals surface area contributed by atoms with Gasteiger partial charge in [-0.15, -0.1) is 0 Å². The van der Waals surface area contributed by atoms with Crippen molar-refractivity contribution in [1.82, 2.24) is 9.97 Å². The molecule has 43 heavy (non-hydrogen) atoms. The zero-order valence-corrected chi connectivity index (χ0v) is 24.0. The van der Waals surface area contributed by atoms with Crippen LogP contribution in [0.15, 0.2) is 102 Å². The molecule has 1 aliphatic heterocycles. The topological polar surface area (TPSA) is 103 Å². The van der Waals surface area contributed by atoms with E-state index in [1.165, 1.54) is 7.11 Å². The standard InChI is InChI=1S/C35H30N2O6/c1-40-24-16-14-23(15-17-24)35-30(22-12-8-5-9-13-22)29-32(36-28(37-33(29)38)18-21-10-6-4-7-11-21)34(35,39)31-26(42-3)19-25(41-2)20-27(31)43-35/h4-17,19-20,30,39H,18H2,1-3H3,(H,36,37,38)/t30-,34+,35+/m1/s1. The lowest BCUT2D eigenvalue weighted by molar-refractivity contribution is -0.0910. The fourth-order valence-corrected chi connectivity index (χ4v) is 6.75. The molecule has 1 aromatic heterocycles. The monoisotopic (exact) mass is 574 g/mol. The molecule has 4 aromatic carbocycles. The first kappa shape index (κ1) is 26.8. The first-order valence-corrected chi connectivity index (χ1v) is 14.0. The predicted molar refractivity (Wildman–Crippen MR) is 160 cm³/mol. The molecular formula is C35H30N2O6. The Hall–Kier alpha value is -5.08. The molecule has 5 aromatic rings. The minimum absolute atomic E-state index is 0.231. The molecule has 0 radical (unpaired) electrons. The van der Waals surface area contributed by atoms with Crippen molar-refractivity contribution in [2.45, 2.75) is 23.5 Å². The number of H-pyrrole nitrogens is 1. The van der Waals surface area contributed by atoms with Gasteiger partial charge in [0.25, 0.3) is 5.56 Å². The van der Waals surface area contributed by atoms with Gasteiger partial charge in [0.05, 0.1) is 44.1 Å². The van der Waals surface area contributed by atoms with E-state index in [2.05, 4.69) is 4.98 Å². The number of fused-ring (bicyclic) bond motifs is 5. The van der Waals surface area contributed by atoms with Gasteiger partial charge in [-0.1, -0.05) is 72.8 Å². The Morgan fingerprint density at radius 3 is 2.19 bits per heavy atom. The number of nitrogens with zero attached hydrogens (tertiary/aromatic N) is 1. The summed E-state index contributed by atoms with van der Waals surface area (Å²) < 4.78 is 23.8. The highest BCUT2D eigenvalue weighted by Gasteiger charge is 2.73. The maximum atomic E-state index is 14.2. The van der Waals surface area contributed by atoms with E-state index in [-0.39, 0.29) is 11.3 Å². The van der Waals surface area contributed by atoms with Gasteiger partial charge in [0.2, 0.25) is 0 Å². The zero-order valence-electron chi connectivity index (χ0n) is 24.0. The van der Waals surface area contributed by atoms with Crippen LogP contribution in [0.3, 0.4) is 0 Å². The van der Waals surface area contributed by atoms with Crippen LogP contribution in [0.2, 0.25) is 0 Å². The molecule has 0 bridgehead atoms. The van der Waals surface area contributed by atoms with Gasteiger partial charge in [-0.3, -0.25) is 4.79 Å². The van der Waals surface area contributed by atoms with E-state index in [1.54, 1.807) is 26.4 Å². The molecule has 216 valence electrons. The van der Waals surface area contributed by atoms with Crippen LogP contribution in [0, 0.1) is 0 Å². The summed E-state index contributed by atoms with van der Waals surface area (Å²) in [5, 5.41) is 13.4. The number of hydrogen-bond donors (Lipinski definition) is 2. The van der Waals surface area contributed by atoms with Crippen LogP contribution in [0.1, 0.15) is 45.3 Å². The third kappa shape index (κ3) is 3.79. The molecule has 3 atom stereocenters. The Kier molecular flexibility index (Phi) is 6.25. The minimum Gasteiger partial charge on any atom is -0.497 e. The average molecular weight is 575 g/mol. The zero-order chi connectivity index (χ0) is 29.8. The van der Waals surface area contributed by atoms with E-state index in [0.717, 1.165) is 11.1 Å². The largest absolute Gasteiger partial charge is 0.497 e. The van der Waals surface area contributed by atoms with Gasteiger partial charge in [0.15, 0.2) is 11.2 Å². The molecule has 0 saturated carbocycles. The average Bonchev–Trinajstić information content (AvgIpc) is 3.44. The van der Waals surface area contributed by atoms with Crippen molar-refractivity contribution in [1.29, 1.82) is 0 Å². The van der Waals surface area contributed by atoms with Crippen LogP contribution >= 0.6 is 0 Å². The molecule has 0 saturated heterocycles. The maximum absolute atomic E-state index is 14.2. The lowest BCUT2D eigenvalue weighted by atomic mass is 9.70. The minimum atomic E-state index is -1.93. The first-order chi connectivity index (χ1) is 20.9. The van der Waals surface area contributed by atoms with Crippen LogP contribution in [0.4, 0.5) is 0 Å². The Labute approximate surface area is 248 Å². The summed E-state index contributed by atoms with van der Waals surface area (Å²) in [5.41, 5.74) is -0.435. The molecular weight excluding hydrogens is 544 g/mol. The molecule has 8 nitrogen and oxygen atoms in total. The number of methoxy groups -OCH3 is 3.